The van der Waals surface area contributed by atoms with Crippen molar-refractivity contribution in [1.82, 2.24) is 0 Å². The Morgan fingerprint density at radius 1 is 0.714 bits per heavy atom. The fraction of sp³-hybridized carbons (Fsp3) is 0.286. The summed E-state index contributed by atoms with van der Waals surface area (Å²) in [7, 11) is 0. The van der Waals surface area contributed by atoms with Gasteiger partial charge in [0.2, 0.25) is 0 Å². The lowest BCUT2D eigenvalue weighted by molar-refractivity contribution is 1.47. The average molecular weight is 188 g/mol. The molecule has 14 heavy (non-hydrogen) atoms. The number of allylic oxidation sites excluding steroid dienone is 10. The number of hydrogen-bond acceptors (Lipinski definition) is 0. The molecule has 0 saturated carbocycles. The Bertz CT molecular complexity index is 283. The maximum Gasteiger partial charge on any atom is -0.0191 e. The third-order valence-corrected chi connectivity index (χ3v) is 1.81. The van der Waals surface area contributed by atoms with E-state index < -0.39 is 0 Å². The summed E-state index contributed by atoms with van der Waals surface area (Å²) in [6, 6.07) is 0. The van der Waals surface area contributed by atoms with Crippen LogP contribution in [0.15, 0.2) is 59.8 Å². The van der Waals surface area contributed by atoms with E-state index in [4.69, 9.17) is 0 Å². The molecule has 0 aliphatic rings. The molecule has 0 heterocycles. The minimum atomic E-state index is 1.24. The van der Waals surface area contributed by atoms with Crippen LogP contribution in [-0.4, -0.2) is 0 Å². The molecule has 0 bridgehead atoms. The highest BCUT2D eigenvalue weighted by Crippen LogP contribution is 2.13. The summed E-state index contributed by atoms with van der Waals surface area (Å²) in [5.74, 6) is 0. The Kier molecular flexibility index (Phi) is 7.53. The van der Waals surface area contributed by atoms with Crippen molar-refractivity contribution in [3.8, 4) is 0 Å². The van der Waals surface area contributed by atoms with Gasteiger partial charge < -0.3 is 0 Å². The van der Waals surface area contributed by atoms with Crippen molar-refractivity contribution in [1.29, 1.82) is 0 Å². The van der Waals surface area contributed by atoms with Gasteiger partial charge in [0.1, 0.15) is 0 Å². The van der Waals surface area contributed by atoms with Crippen LogP contribution in [0.5, 0.6) is 0 Å². The maximum absolute atomic E-state index is 2.12. The van der Waals surface area contributed by atoms with Gasteiger partial charge in [0.25, 0.3) is 0 Å². The van der Waals surface area contributed by atoms with E-state index in [0.717, 1.165) is 0 Å². The highest BCUT2D eigenvalue weighted by atomic mass is 14.0. The first-order valence-corrected chi connectivity index (χ1v) is 5.05. The summed E-state index contributed by atoms with van der Waals surface area (Å²) in [5, 5.41) is 0. The minimum absolute atomic E-state index is 1.24. The van der Waals surface area contributed by atoms with Crippen molar-refractivity contribution in [2.24, 2.45) is 0 Å². The van der Waals surface area contributed by atoms with Gasteiger partial charge in [-0.15, -0.1) is 0 Å². The lowest BCUT2D eigenvalue weighted by Gasteiger charge is -2.01. The largest absolute Gasteiger partial charge is 0.0876 e. The van der Waals surface area contributed by atoms with Crippen molar-refractivity contribution in [2.75, 3.05) is 0 Å². The van der Waals surface area contributed by atoms with Crippen LogP contribution in [0.1, 0.15) is 27.7 Å². The monoisotopic (exact) mass is 188 g/mol. The highest BCUT2D eigenvalue weighted by Gasteiger charge is 1.94. The molecular weight excluding hydrogens is 168 g/mol. The number of rotatable bonds is 4. The van der Waals surface area contributed by atoms with Crippen LogP contribution in [-0.2, 0) is 0 Å². The van der Waals surface area contributed by atoms with Crippen molar-refractivity contribution in [2.45, 2.75) is 27.7 Å². The van der Waals surface area contributed by atoms with Gasteiger partial charge in [0.05, 0.1) is 0 Å². The van der Waals surface area contributed by atoms with Gasteiger partial charge in [-0.25, -0.2) is 0 Å². The zero-order chi connectivity index (χ0) is 10.8. The van der Waals surface area contributed by atoms with Gasteiger partial charge in [-0.3, -0.25) is 0 Å². The second-order valence-corrected chi connectivity index (χ2v) is 2.89. The van der Waals surface area contributed by atoms with E-state index in [-0.39, 0.29) is 0 Å². The van der Waals surface area contributed by atoms with Gasteiger partial charge in [0, 0.05) is 0 Å². The average Bonchev–Trinajstić information content (AvgIpc) is 2.21. The molecule has 0 amide bonds. The first kappa shape index (κ1) is 12.7. The summed E-state index contributed by atoms with van der Waals surface area (Å²) >= 11 is 0. The molecule has 0 spiro atoms. The second kappa shape index (κ2) is 8.31. The third-order valence-electron chi connectivity index (χ3n) is 1.81. The lowest BCUT2D eigenvalue weighted by atomic mass is 10.0. The van der Waals surface area contributed by atoms with Gasteiger partial charge in [-0.2, -0.15) is 0 Å². The Morgan fingerprint density at radius 2 is 1.29 bits per heavy atom. The van der Waals surface area contributed by atoms with Crippen LogP contribution < -0.4 is 0 Å². The molecule has 0 aliphatic heterocycles. The summed E-state index contributed by atoms with van der Waals surface area (Å²) in [6.07, 6.45) is 16.7. The van der Waals surface area contributed by atoms with E-state index in [0.29, 0.717) is 0 Å². The molecule has 0 aliphatic carbocycles. The van der Waals surface area contributed by atoms with Crippen LogP contribution in [0.2, 0.25) is 0 Å². The first-order valence-electron chi connectivity index (χ1n) is 5.05. The van der Waals surface area contributed by atoms with Gasteiger partial charge in [0.15, 0.2) is 0 Å². The van der Waals surface area contributed by atoms with Crippen molar-refractivity contribution in [3.63, 3.8) is 0 Å². The fourth-order valence-corrected chi connectivity index (χ4v) is 1.17. The molecule has 0 aromatic rings. The first-order chi connectivity index (χ1) is 6.79. The Balaban J connectivity index is 4.98. The molecule has 0 N–H and O–H groups in total. The second-order valence-electron chi connectivity index (χ2n) is 2.89. The standard InChI is InChI=1S/C14H20/c1-5-9-12-14(11-7-3)13(8-4)10-6-2/h5-12H,1-4H3/b9-5-,10-6-,11-7-,13-8+,14-12+. The van der Waals surface area contributed by atoms with Crippen LogP contribution in [0.25, 0.3) is 0 Å². The molecular formula is C14H20. The molecule has 0 rings (SSSR count). The molecule has 0 nitrogen and oxygen atoms in total. The predicted molar refractivity (Wildman–Crippen MR) is 66.3 cm³/mol. The van der Waals surface area contributed by atoms with E-state index >= 15 is 0 Å². The summed E-state index contributed by atoms with van der Waals surface area (Å²) in [4.78, 5) is 0. The predicted octanol–water partition coefficient (Wildman–Crippen LogP) is 4.59. The summed E-state index contributed by atoms with van der Waals surface area (Å²) < 4.78 is 0. The number of hydrogen-bond donors (Lipinski definition) is 0. The van der Waals surface area contributed by atoms with Gasteiger partial charge in [-0.05, 0) is 38.8 Å². The van der Waals surface area contributed by atoms with Crippen LogP contribution in [0.3, 0.4) is 0 Å². The summed E-state index contributed by atoms with van der Waals surface area (Å²) in [5.41, 5.74) is 2.50. The van der Waals surface area contributed by atoms with E-state index in [1.54, 1.807) is 0 Å². The van der Waals surface area contributed by atoms with Crippen LogP contribution >= 0.6 is 0 Å². The maximum atomic E-state index is 2.12. The zero-order valence-corrected chi connectivity index (χ0v) is 9.62. The molecule has 0 atom stereocenters. The lowest BCUT2D eigenvalue weighted by Crippen LogP contribution is -1.81. The van der Waals surface area contributed by atoms with Crippen molar-refractivity contribution in [3.05, 3.63) is 59.8 Å². The van der Waals surface area contributed by atoms with Crippen molar-refractivity contribution >= 4 is 0 Å². The normalized spacial score (nSPS) is 15.1. The molecule has 76 valence electrons. The topological polar surface area (TPSA) is 0 Å². The van der Waals surface area contributed by atoms with Crippen LogP contribution in [0, 0.1) is 0 Å². The highest BCUT2D eigenvalue weighted by molar-refractivity contribution is 5.47. The smallest absolute Gasteiger partial charge is 0.0191 e. The zero-order valence-electron chi connectivity index (χ0n) is 9.62. The van der Waals surface area contributed by atoms with Crippen molar-refractivity contribution < 1.29 is 0 Å². The van der Waals surface area contributed by atoms with Gasteiger partial charge >= 0.3 is 0 Å². The molecule has 0 aromatic heterocycles. The SMILES string of the molecule is C\C=C/C=C(\C=C/C)C(/C=C\C)=C/C. The molecule has 0 fully saturated rings. The van der Waals surface area contributed by atoms with Crippen LogP contribution in [0.4, 0.5) is 0 Å². The Hall–Kier alpha value is -1.30. The third kappa shape index (κ3) is 4.66. The summed E-state index contributed by atoms with van der Waals surface area (Å²) in [6.45, 7) is 8.15. The molecule has 0 radical (unpaired) electrons. The minimum Gasteiger partial charge on any atom is -0.0876 e. The molecule has 0 heteroatoms. The van der Waals surface area contributed by atoms with E-state index in [1.807, 2.05) is 26.8 Å². The molecule has 0 unspecified atom stereocenters. The van der Waals surface area contributed by atoms with E-state index in [9.17, 15) is 0 Å². The molecule has 0 saturated heterocycles. The fourth-order valence-electron chi connectivity index (χ4n) is 1.17. The van der Waals surface area contributed by atoms with Gasteiger partial charge in [-0.1, -0.05) is 48.6 Å². The Morgan fingerprint density at radius 3 is 1.71 bits per heavy atom. The van der Waals surface area contributed by atoms with E-state index in [1.165, 1.54) is 11.1 Å². The molecule has 0 aromatic carbocycles. The quantitative estimate of drug-likeness (QED) is 0.566. The Labute approximate surface area is 88.0 Å². The van der Waals surface area contributed by atoms with E-state index in [2.05, 4.69) is 49.5 Å².